The summed E-state index contributed by atoms with van der Waals surface area (Å²) in [4.78, 5) is 13.6. The number of likely N-dealkylation sites (N-methyl/N-ethyl adjacent to an activating group) is 1. The van der Waals surface area contributed by atoms with E-state index in [4.69, 9.17) is 15.4 Å². The van der Waals surface area contributed by atoms with Gasteiger partial charge in [-0.05, 0) is 51.0 Å². The third-order valence-electron chi connectivity index (χ3n) is 3.42. The molecule has 0 aliphatic heterocycles. The molecule has 1 amide bonds. The molecule has 0 aliphatic carbocycles. The lowest BCUT2D eigenvalue weighted by atomic mass is 10.1. The summed E-state index contributed by atoms with van der Waals surface area (Å²) in [7, 11) is 1.58. The molecule has 0 heterocycles. The van der Waals surface area contributed by atoms with Gasteiger partial charge in [0.15, 0.2) is 6.61 Å². The fourth-order valence-corrected chi connectivity index (χ4v) is 3.25. The van der Waals surface area contributed by atoms with E-state index in [0.29, 0.717) is 30.0 Å². The summed E-state index contributed by atoms with van der Waals surface area (Å²) >= 11 is 0. The van der Waals surface area contributed by atoms with Gasteiger partial charge in [0.1, 0.15) is 5.75 Å². The fraction of sp³-hybridized carbons (Fsp3) is 0.500. The van der Waals surface area contributed by atoms with Crippen LogP contribution in [0.5, 0.6) is 5.75 Å². The Kier molecular flexibility index (Phi) is 6.04. The number of carbonyl (C=O) groups is 1. The number of hydrogen-bond acceptors (Lipinski definition) is 4. The summed E-state index contributed by atoms with van der Waals surface area (Å²) in [6, 6.07) is 2.91. The van der Waals surface area contributed by atoms with E-state index in [1.165, 1.54) is 12.1 Å². The predicted octanol–water partition coefficient (Wildman–Crippen LogP) is 2.48. The third-order valence-corrected chi connectivity index (χ3v) is 4.88. The lowest BCUT2D eigenvalue weighted by molar-refractivity contribution is -0.132. The van der Waals surface area contributed by atoms with Crippen LogP contribution in [0.4, 0.5) is 0 Å². The molecule has 0 bridgehead atoms. The Hall–Kier alpha value is -1.27. The summed E-state index contributed by atoms with van der Waals surface area (Å²) < 4.78 is 28.3. The Balaban J connectivity index is 2.92. The van der Waals surface area contributed by atoms with Gasteiger partial charge in [-0.2, -0.15) is 0 Å². The number of benzene rings is 1. The van der Waals surface area contributed by atoms with Crippen molar-refractivity contribution in [3.05, 3.63) is 23.3 Å². The number of halogens is 1. The van der Waals surface area contributed by atoms with Crippen molar-refractivity contribution in [1.29, 1.82) is 0 Å². The lowest BCUT2D eigenvalue weighted by Gasteiger charge is -2.19. The normalized spacial score (nSPS) is 11.3. The van der Waals surface area contributed by atoms with Crippen molar-refractivity contribution in [1.82, 2.24) is 4.90 Å². The first-order valence-corrected chi connectivity index (χ1v) is 8.98. The van der Waals surface area contributed by atoms with Gasteiger partial charge < -0.3 is 9.64 Å². The standard InChI is InChI=1S/C14H20ClNO4S/c1-5-16(6-2)14(17)9-20-12-7-8-13(21(15,18)19)11(4)10(12)3/h7-8H,5-6,9H2,1-4H3. The van der Waals surface area contributed by atoms with E-state index in [9.17, 15) is 13.2 Å². The average molecular weight is 334 g/mol. The van der Waals surface area contributed by atoms with Crippen molar-refractivity contribution in [3.63, 3.8) is 0 Å². The molecule has 7 heteroatoms. The first-order chi connectivity index (χ1) is 9.72. The molecule has 0 fully saturated rings. The van der Waals surface area contributed by atoms with Gasteiger partial charge in [0, 0.05) is 23.8 Å². The lowest BCUT2D eigenvalue weighted by Crippen LogP contribution is -2.34. The van der Waals surface area contributed by atoms with Gasteiger partial charge in [0.2, 0.25) is 0 Å². The van der Waals surface area contributed by atoms with E-state index in [-0.39, 0.29) is 17.4 Å². The first kappa shape index (κ1) is 17.8. The highest BCUT2D eigenvalue weighted by Crippen LogP contribution is 2.28. The van der Waals surface area contributed by atoms with Gasteiger partial charge in [-0.3, -0.25) is 4.79 Å². The summed E-state index contributed by atoms with van der Waals surface area (Å²) in [5.41, 5.74) is 1.18. The molecule has 118 valence electrons. The van der Waals surface area contributed by atoms with E-state index >= 15 is 0 Å². The van der Waals surface area contributed by atoms with E-state index in [2.05, 4.69) is 0 Å². The summed E-state index contributed by atoms with van der Waals surface area (Å²) in [6.45, 7) is 8.37. The maximum absolute atomic E-state index is 11.9. The second-order valence-corrected chi connectivity index (χ2v) is 7.14. The number of ether oxygens (including phenoxy) is 1. The summed E-state index contributed by atoms with van der Waals surface area (Å²) in [6.07, 6.45) is 0. The van der Waals surface area contributed by atoms with Crippen molar-refractivity contribution in [3.8, 4) is 5.75 Å². The van der Waals surface area contributed by atoms with Crippen LogP contribution in [-0.2, 0) is 13.8 Å². The third kappa shape index (κ3) is 4.35. The minimum absolute atomic E-state index is 0.0593. The second-order valence-electron chi connectivity index (χ2n) is 4.60. The topological polar surface area (TPSA) is 63.7 Å². The molecule has 1 aromatic rings. The Morgan fingerprint density at radius 1 is 1.19 bits per heavy atom. The van der Waals surface area contributed by atoms with Crippen LogP contribution in [0, 0.1) is 13.8 Å². The molecule has 0 aliphatic rings. The van der Waals surface area contributed by atoms with E-state index in [1.807, 2.05) is 13.8 Å². The average Bonchev–Trinajstić information content (AvgIpc) is 2.40. The Morgan fingerprint density at radius 3 is 2.24 bits per heavy atom. The minimum atomic E-state index is -3.78. The summed E-state index contributed by atoms with van der Waals surface area (Å²) in [5, 5.41) is 0. The molecule has 0 saturated carbocycles. The number of amides is 1. The molecule has 0 radical (unpaired) electrons. The Morgan fingerprint density at radius 2 is 1.76 bits per heavy atom. The van der Waals surface area contributed by atoms with Crippen LogP contribution in [0.3, 0.4) is 0 Å². The Labute approximate surface area is 130 Å². The van der Waals surface area contributed by atoms with Crippen molar-refractivity contribution in [2.45, 2.75) is 32.6 Å². The van der Waals surface area contributed by atoms with Gasteiger partial charge in [-0.15, -0.1) is 0 Å². The minimum Gasteiger partial charge on any atom is -0.483 e. The van der Waals surface area contributed by atoms with E-state index in [0.717, 1.165) is 0 Å². The van der Waals surface area contributed by atoms with Crippen LogP contribution in [0.15, 0.2) is 17.0 Å². The number of rotatable bonds is 6. The van der Waals surface area contributed by atoms with Crippen LogP contribution in [0.1, 0.15) is 25.0 Å². The van der Waals surface area contributed by atoms with Crippen molar-refractivity contribution >= 4 is 25.6 Å². The highest BCUT2D eigenvalue weighted by atomic mass is 35.7. The maximum atomic E-state index is 11.9. The fourth-order valence-electron chi connectivity index (χ4n) is 2.00. The van der Waals surface area contributed by atoms with Gasteiger partial charge in [-0.1, -0.05) is 0 Å². The zero-order valence-electron chi connectivity index (χ0n) is 12.6. The molecule has 21 heavy (non-hydrogen) atoms. The molecule has 0 aromatic heterocycles. The van der Waals surface area contributed by atoms with Crippen LogP contribution in [0.25, 0.3) is 0 Å². The number of carbonyl (C=O) groups excluding carboxylic acids is 1. The van der Waals surface area contributed by atoms with Crippen LogP contribution in [-0.4, -0.2) is 38.9 Å². The van der Waals surface area contributed by atoms with Crippen molar-refractivity contribution in [2.24, 2.45) is 0 Å². The maximum Gasteiger partial charge on any atom is 0.261 e. The SMILES string of the molecule is CCN(CC)C(=O)COc1ccc(S(=O)(=O)Cl)c(C)c1C. The van der Waals surface area contributed by atoms with Gasteiger partial charge in [-0.25, -0.2) is 8.42 Å². The van der Waals surface area contributed by atoms with Crippen LogP contribution < -0.4 is 4.74 Å². The predicted molar refractivity (Wildman–Crippen MR) is 82.4 cm³/mol. The second kappa shape index (κ2) is 7.13. The highest BCUT2D eigenvalue weighted by Gasteiger charge is 2.18. The molecule has 1 aromatic carbocycles. The zero-order valence-corrected chi connectivity index (χ0v) is 14.2. The molecule has 5 nitrogen and oxygen atoms in total. The van der Waals surface area contributed by atoms with E-state index < -0.39 is 9.05 Å². The molecule has 0 spiro atoms. The first-order valence-electron chi connectivity index (χ1n) is 6.67. The monoisotopic (exact) mass is 333 g/mol. The molecule has 1 rings (SSSR count). The highest BCUT2D eigenvalue weighted by molar-refractivity contribution is 8.13. The van der Waals surface area contributed by atoms with Gasteiger partial charge in [0.25, 0.3) is 15.0 Å². The molecular weight excluding hydrogens is 314 g/mol. The van der Waals surface area contributed by atoms with Crippen LogP contribution >= 0.6 is 10.7 Å². The van der Waals surface area contributed by atoms with Gasteiger partial charge >= 0.3 is 0 Å². The largest absolute Gasteiger partial charge is 0.483 e. The smallest absolute Gasteiger partial charge is 0.261 e. The van der Waals surface area contributed by atoms with E-state index in [1.54, 1.807) is 18.7 Å². The summed E-state index contributed by atoms with van der Waals surface area (Å²) in [5.74, 6) is 0.378. The zero-order chi connectivity index (χ0) is 16.2. The molecule has 0 N–H and O–H groups in total. The quantitative estimate of drug-likeness (QED) is 0.750. The van der Waals surface area contributed by atoms with Crippen molar-refractivity contribution < 1.29 is 17.9 Å². The molecule has 0 atom stereocenters. The number of hydrogen-bond donors (Lipinski definition) is 0. The number of nitrogens with zero attached hydrogens (tertiary/aromatic N) is 1. The van der Waals surface area contributed by atoms with Crippen molar-refractivity contribution in [2.75, 3.05) is 19.7 Å². The Bertz CT molecular complexity index is 624. The van der Waals surface area contributed by atoms with Gasteiger partial charge in [0.05, 0.1) is 4.90 Å². The molecular formula is C14H20ClNO4S. The molecule has 0 saturated heterocycles. The van der Waals surface area contributed by atoms with Crippen LogP contribution in [0.2, 0.25) is 0 Å². The molecule has 0 unspecified atom stereocenters.